The lowest BCUT2D eigenvalue weighted by Crippen LogP contribution is -2.41. The molecule has 18 heavy (non-hydrogen) atoms. The van der Waals surface area contributed by atoms with Crippen LogP contribution in [0.3, 0.4) is 0 Å². The molecule has 1 N–H and O–H groups in total. The minimum Gasteiger partial charge on any atom is -0.306 e. The van der Waals surface area contributed by atoms with Gasteiger partial charge < -0.3 is 10.1 Å². The van der Waals surface area contributed by atoms with Crippen LogP contribution in [0.5, 0.6) is 0 Å². The van der Waals surface area contributed by atoms with E-state index in [-0.39, 0.29) is 17.7 Å². The molecule has 0 aromatic heterocycles. The number of aldehydes is 1. The smallest absolute Gasteiger partial charge is 0.176 e. The number of Topliss-reactive ketones (excluding diaryl/α,β-unsaturated/α-hetero) is 1. The monoisotopic (exact) mass is 245 g/mol. The zero-order valence-electron chi connectivity index (χ0n) is 10.5. The van der Waals surface area contributed by atoms with Crippen LogP contribution in [-0.2, 0) is 4.79 Å². The van der Waals surface area contributed by atoms with Crippen LogP contribution in [-0.4, -0.2) is 24.7 Å². The highest BCUT2D eigenvalue weighted by Gasteiger charge is 2.24. The second-order valence-electron chi connectivity index (χ2n) is 4.86. The van der Waals surface area contributed by atoms with Gasteiger partial charge in [-0.05, 0) is 12.8 Å². The van der Waals surface area contributed by atoms with E-state index in [2.05, 4.69) is 5.32 Å². The number of carbonyl (C=O) groups excluding carboxylic acids is 2. The van der Waals surface area contributed by atoms with Crippen molar-refractivity contribution in [2.24, 2.45) is 5.92 Å². The van der Waals surface area contributed by atoms with Crippen molar-refractivity contribution in [3.63, 3.8) is 0 Å². The Bertz CT molecular complexity index is 402. The van der Waals surface area contributed by atoms with Crippen LogP contribution < -0.4 is 5.32 Å². The summed E-state index contributed by atoms with van der Waals surface area (Å²) in [5.74, 6) is 0.160. The van der Waals surface area contributed by atoms with E-state index < -0.39 is 0 Å². The van der Waals surface area contributed by atoms with Gasteiger partial charge in [0.15, 0.2) is 5.78 Å². The Balaban J connectivity index is 1.87. The maximum absolute atomic E-state index is 11.9. The van der Waals surface area contributed by atoms with Crippen LogP contribution in [0.25, 0.3) is 0 Å². The van der Waals surface area contributed by atoms with Crippen molar-refractivity contribution in [3.05, 3.63) is 35.9 Å². The molecule has 1 fully saturated rings. The largest absolute Gasteiger partial charge is 0.306 e. The van der Waals surface area contributed by atoms with E-state index in [1.54, 1.807) is 0 Å². The fourth-order valence-electron chi connectivity index (χ4n) is 2.53. The van der Waals surface area contributed by atoms with Gasteiger partial charge in [0.05, 0.1) is 6.54 Å². The summed E-state index contributed by atoms with van der Waals surface area (Å²) >= 11 is 0. The predicted octanol–water partition coefficient (Wildman–Crippen LogP) is 2.22. The van der Waals surface area contributed by atoms with Gasteiger partial charge in [0, 0.05) is 17.5 Å². The van der Waals surface area contributed by atoms with Crippen LogP contribution in [0.15, 0.2) is 30.3 Å². The van der Waals surface area contributed by atoms with Gasteiger partial charge in [0.25, 0.3) is 0 Å². The fourth-order valence-corrected chi connectivity index (χ4v) is 2.53. The highest BCUT2D eigenvalue weighted by molar-refractivity contribution is 5.97. The van der Waals surface area contributed by atoms with E-state index in [0.717, 1.165) is 37.5 Å². The SMILES string of the molecule is O=C[C@@H]1CCCC[C@H]1NCC(=O)c1ccccc1. The zero-order chi connectivity index (χ0) is 12.8. The average molecular weight is 245 g/mol. The highest BCUT2D eigenvalue weighted by Crippen LogP contribution is 2.22. The van der Waals surface area contributed by atoms with E-state index >= 15 is 0 Å². The van der Waals surface area contributed by atoms with Gasteiger partial charge in [0.1, 0.15) is 6.29 Å². The Morgan fingerprint density at radius 2 is 1.94 bits per heavy atom. The Hall–Kier alpha value is -1.48. The summed E-state index contributed by atoms with van der Waals surface area (Å²) < 4.78 is 0. The molecule has 1 saturated carbocycles. The van der Waals surface area contributed by atoms with Crippen LogP contribution in [0.4, 0.5) is 0 Å². The molecule has 1 aliphatic carbocycles. The Morgan fingerprint density at radius 1 is 1.22 bits per heavy atom. The van der Waals surface area contributed by atoms with Crippen molar-refractivity contribution >= 4 is 12.1 Å². The molecule has 1 aliphatic rings. The minimum atomic E-state index is 0.0716. The summed E-state index contributed by atoms with van der Waals surface area (Å²) in [6, 6.07) is 9.44. The number of benzene rings is 1. The van der Waals surface area contributed by atoms with Crippen molar-refractivity contribution in [3.8, 4) is 0 Å². The van der Waals surface area contributed by atoms with Gasteiger partial charge in [-0.1, -0.05) is 43.2 Å². The molecule has 96 valence electrons. The molecule has 3 nitrogen and oxygen atoms in total. The summed E-state index contributed by atoms with van der Waals surface area (Å²) in [5.41, 5.74) is 0.725. The van der Waals surface area contributed by atoms with E-state index in [9.17, 15) is 9.59 Å². The Kier molecular flexibility index (Phi) is 4.65. The van der Waals surface area contributed by atoms with Crippen molar-refractivity contribution in [2.75, 3.05) is 6.54 Å². The maximum Gasteiger partial charge on any atom is 0.176 e. The number of carbonyl (C=O) groups is 2. The molecule has 0 bridgehead atoms. The summed E-state index contributed by atoms with van der Waals surface area (Å²) in [7, 11) is 0. The first-order chi connectivity index (χ1) is 8.81. The van der Waals surface area contributed by atoms with E-state index in [0.29, 0.717) is 6.54 Å². The summed E-state index contributed by atoms with van der Waals surface area (Å²) in [5, 5.41) is 3.24. The molecule has 0 radical (unpaired) electrons. The third-order valence-electron chi connectivity index (χ3n) is 3.61. The van der Waals surface area contributed by atoms with Gasteiger partial charge in [-0.2, -0.15) is 0 Å². The van der Waals surface area contributed by atoms with Crippen molar-refractivity contribution in [1.82, 2.24) is 5.32 Å². The summed E-state index contributed by atoms with van der Waals surface area (Å²) in [4.78, 5) is 22.9. The maximum atomic E-state index is 11.9. The Labute approximate surface area is 108 Å². The second-order valence-corrected chi connectivity index (χ2v) is 4.86. The van der Waals surface area contributed by atoms with Gasteiger partial charge in [-0.15, -0.1) is 0 Å². The Morgan fingerprint density at radius 3 is 2.67 bits per heavy atom. The number of nitrogens with one attached hydrogen (secondary N) is 1. The third-order valence-corrected chi connectivity index (χ3v) is 3.61. The minimum absolute atomic E-state index is 0.0716. The average Bonchev–Trinajstić information content (AvgIpc) is 2.46. The molecule has 0 aliphatic heterocycles. The molecule has 0 amide bonds. The topological polar surface area (TPSA) is 46.2 Å². The first kappa shape index (κ1) is 13.0. The molecule has 2 rings (SSSR count). The van der Waals surface area contributed by atoms with Gasteiger partial charge in [-0.3, -0.25) is 4.79 Å². The van der Waals surface area contributed by atoms with Crippen molar-refractivity contribution in [1.29, 1.82) is 0 Å². The van der Waals surface area contributed by atoms with Gasteiger partial charge in [-0.25, -0.2) is 0 Å². The molecular weight excluding hydrogens is 226 g/mol. The van der Waals surface area contributed by atoms with E-state index in [1.165, 1.54) is 0 Å². The lowest BCUT2D eigenvalue weighted by molar-refractivity contribution is -0.112. The third kappa shape index (κ3) is 3.26. The number of ketones is 1. The molecule has 1 aromatic rings. The van der Waals surface area contributed by atoms with Crippen LogP contribution in [0, 0.1) is 5.92 Å². The molecular formula is C15H19NO2. The predicted molar refractivity (Wildman–Crippen MR) is 70.6 cm³/mol. The van der Waals surface area contributed by atoms with E-state index in [1.807, 2.05) is 30.3 Å². The zero-order valence-corrected chi connectivity index (χ0v) is 10.5. The quantitative estimate of drug-likeness (QED) is 0.639. The first-order valence-corrected chi connectivity index (χ1v) is 6.58. The number of hydrogen-bond donors (Lipinski definition) is 1. The molecule has 0 heterocycles. The van der Waals surface area contributed by atoms with E-state index in [4.69, 9.17) is 0 Å². The van der Waals surface area contributed by atoms with Gasteiger partial charge >= 0.3 is 0 Å². The fraction of sp³-hybridized carbons (Fsp3) is 0.467. The number of rotatable bonds is 5. The second kappa shape index (κ2) is 6.45. The van der Waals surface area contributed by atoms with Crippen molar-refractivity contribution < 1.29 is 9.59 Å². The van der Waals surface area contributed by atoms with Crippen LogP contribution >= 0.6 is 0 Å². The molecule has 2 atom stereocenters. The number of hydrogen-bond acceptors (Lipinski definition) is 3. The molecule has 1 aromatic carbocycles. The van der Waals surface area contributed by atoms with Crippen LogP contribution in [0.2, 0.25) is 0 Å². The lowest BCUT2D eigenvalue weighted by Gasteiger charge is -2.28. The normalized spacial score (nSPS) is 23.6. The molecule has 0 saturated heterocycles. The molecule has 0 unspecified atom stereocenters. The summed E-state index contributed by atoms with van der Waals surface area (Å²) in [6.45, 7) is 0.318. The highest BCUT2D eigenvalue weighted by atomic mass is 16.1. The standard InChI is InChI=1S/C15H19NO2/c17-11-13-8-4-5-9-14(13)16-10-15(18)12-6-2-1-3-7-12/h1-3,6-7,11,13-14,16H,4-5,8-10H2/t13-,14+/m0/s1. The van der Waals surface area contributed by atoms with Gasteiger partial charge in [0.2, 0.25) is 0 Å². The molecule has 0 spiro atoms. The first-order valence-electron chi connectivity index (χ1n) is 6.58. The summed E-state index contributed by atoms with van der Waals surface area (Å²) in [6.07, 6.45) is 5.23. The lowest BCUT2D eigenvalue weighted by atomic mass is 9.85. The molecule has 3 heteroatoms. The van der Waals surface area contributed by atoms with Crippen molar-refractivity contribution in [2.45, 2.75) is 31.7 Å². The van der Waals surface area contributed by atoms with Crippen LogP contribution in [0.1, 0.15) is 36.0 Å².